The summed E-state index contributed by atoms with van der Waals surface area (Å²) >= 11 is 5.83. The van der Waals surface area contributed by atoms with E-state index in [0.717, 1.165) is 31.1 Å². The Kier molecular flexibility index (Phi) is 4.84. The summed E-state index contributed by atoms with van der Waals surface area (Å²) in [6.07, 6.45) is 0.244. The molecule has 0 bridgehead atoms. The molecule has 5 heteroatoms. The molecular formula is C18H19ClN2O2. The summed E-state index contributed by atoms with van der Waals surface area (Å²) in [5.41, 5.74) is 2.50. The normalized spacial score (nSPS) is 17.8. The van der Waals surface area contributed by atoms with Gasteiger partial charge in [-0.1, -0.05) is 11.6 Å². The molecule has 1 amide bonds. The number of morpholine rings is 1. The molecule has 1 heterocycles. The van der Waals surface area contributed by atoms with Crippen molar-refractivity contribution < 1.29 is 9.53 Å². The molecule has 3 rings (SSSR count). The fraction of sp³-hybridized carbons (Fsp3) is 0.278. The second-order valence-electron chi connectivity index (χ2n) is 5.64. The number of carbonyl (C=O) groups excluding carboxylic acids is 1. The molecule has 1 unspecified atom stereocenters. The Bertz CT molecular complexity index is 670. The van der Waals surface area contributed by atoms with Crippen LogP contribution in [0, 0.1) is 0 Å². The highest BCUT2D eigenvalue weighted by atomic mass is 35.5. The lowest BCUT2D eigenvalue weighted by Gasteiger charge is -2.33. The zero-order valence-corrected chi connectivity index (χ0v) is 13.7. The first-order chi connectivity index (χ1) is 11.1. The number of nitrogens with one attached hydrogen (secondary N) is 1. The van der Waals surface area contributed by atoms with Crippen LogP contribution in [0.15, 0.2) is 48.5 Å². The summed E-state index contributed by atoms with van der Waals surface area (Å²) in [5, 5.41) is 3.51. The van der Waals surface area contributed by atoms with E-state index in [2.05, 4.69) is 17.1 Å². The van der Waals surface area contributed by atoms with Crippen LogP contribution in [0.2, 0.25) is 5.02 Å². The van der Waals surface area contributed by atoms with E-state index in [-0.39, 0.29) is 12.0 Å². The van der Waals surface area contributed by atoms with Crippen molar-refractivity contribution in [2.45, 2.75) is 13.0 Å². The van der Waals surface area contributed by atoms with E-state index in [4.69, 9.17) is 16.3 Å². The maximum Gasteiger partial charge on any atom is 0.255 e. The fourth-order valence-corrected chi connectivity index (χ4v) is 2.74. The van der Waals surface area contributed by atoms with Crippen LogP contribution < -0.4 is 10.2 Å². The number of amides is 1. The van der Waals surface area contributed by atoms with Gasteiger partial charge in [0, 0.05) is 35.1 Å². The van der Waals surface area contributed by atoms with E-state index >= 15 is 0 Å². The smallest absolute Gasteiger partial charge is 0.255 e. The minimum atomic E-state index is -0.144. The summed E-state index contributed by atoms with van der Waals surface area (Å²) in [4.78, 5) is 14.5. The lowest BCUT2D eigenvalue weighted by atomic mass is 10.2. The zero-order valence-electron chi connectivity index (χ0n) is 13.0. The molecule has 1 saturated heterocycles. The molecule has 4 nitrogen and oxygen atoms in total. The van der Waals surface area contributed by atoms with Gasteiger partial charge >= 0.3 is 0 Å². The van der Waals surface area contributed by atoms with Crippen LogP contribution in [0.25, 0.3) is 0 Å². The average molecular weight is 331 g/mol. The van der Waals surface area contributed by atoms with E-state index in [0.29, 0.717) is 10.6 Å². The van der Waals surface area contributed by atoms with E-state index in [9.17, 15) is 4.79 Å². The molecule has 0 radical (unpaired) electrons. The minimum Gasteiger partial charge on any atom is -0.375 e. The van der Waals surface area contributed by atoms with Crippen molar-refractivity contribution in [2.24, 2.45) is 0 Å². The summed E-state index contributed by atoms with van der Waals surface area (Å²) in [5.74, 6) is -0.144. The van der Waals surface area contributed by atoms with E-state index < -0.39 is 0 Å². The maximum absolute atomic E-state index is 12.2. The molecule has 0 aromatic heterocycles. The molecule has 2 aromatic carbocycles. The summed E-state index contributed by atoms with van der Waals surface area (Å²) in [7, 11) is 0. The van der Waals surface area contributed by atoms with Crippen molar-refractivity contribution in [3.8, 4) is 0 Å². The Morgan fingerprint density at radius 1 is 1.17 bits per heavy atom. The molecule has 1 fully saturated rings. The second kappa shape index (κ2) is 7.02. The number of anilines is 2. The van der Waals surface area contributed by atoms with Gasteiger partial charge in [0.05, 0.1) is 12.7 Å². The molecule has 120 valence electrons. The number of halogens is 1. The van der Waals surface area contributed by atoms with Gasteiger partial charge in [-0.05, 0) is 55.5 Å². The van der Waals surface area contributed by atoms with Gasteiger partial charge < -0.3 is 15.0 Å². The van der Waals surface area contributed by atoms with Crippen LogP contribution >= 0.6 is 11.6 Å². The Hall–Kier alpha value is -2.04. The van der Waals surface area contributed by atoms with Gasteiger partial charge in [-0.15, -0.1) is 0 Å². The van der Waals surface area contributed by atoms with Gasteiger partial charge in [0.25, 0.3) is 5.91 Å². The lowest BCUT2D eigenvalue weighted by Crippen LogP contribution is -2.41. The Balaban J connectivity index is 1.65. The zero-order chi connectivity index (χ0) is 16.2. The third-order valence-corrected chi connectivity index (χ3v) is 4.09. The van der Waals surface area contributed by atoms with Gasteiger partial charge in [0.1, 0.15) is 0 Å². The van der Waals surface area contributed by atoms with Crippen LogP contribution in [0.3, 0.4) is 0 Å². The Labute approximate surface area is 141 Å². The topological polar surface area (TPSA) is 41.6 Å². The predicted octanol–water partition coefficient (Wildman–Crippen LogP) is 3.82. The molecule has 0 spiro atoms. The quantitative estimate of drug-likeness (QED) is 0.930. The number of hydrogen-bond donors (Lipinski definition) is 1. The van der Waals surface area contributed by atoms with Crippen molar-refractivity contribution in [1.82, 2.24) is 0 Å². The number of ether oxygens (including phenoxy) is 1. The number of carbonyl (C=O) groups is 1. The second-order valence-corrected chi connectivity index (χ2v) is 6.07. The lowest BCUT2D eigenvalue weighted by molar-refractivity contribution is 0.0532. The first kappa shape index (κ1) is 15.8. The predicted molar refractivity (Wildman–Crippen MR) is 93.5 cm³/mol. The van der Waals surface area contributed by atoms with Crippen molar-refractivity contribution in [2.75, 3.05) is 29.9 Å². The molecular weight excluding hydrogens is 312 g/mol. The van der Waals surface area contributed by atoms with Gasteiger partial charge in [-0.3, -0.25) is 4.79 Å². The molecule has 0 aliphatic carbocycles. The molecule has 0 saturated carbocycles. The minimum absolute atomic E-state index is 0.144. The summed E-state index contributed by atoms with van der Waals surface area (Å²) < 4.78 is 5.56. The monoisotopic (exact) mass is 330 g/mol. The highest BCUT2D eigenvalue weighted by Gasteiger charge is 2.16. The molecule has 1 atom stereocenters. The van der Waals surface area contributed by atoms with Gasteiger partial charge in [0.2, 0.25) is 0 Å². The third kappa shape index (κ3) is 4.03. The number of benzene rings is 2. The SMILES string of the molecule is CC1CN(c2ccc(NC(=O)c3ccc(Cl)cc3)cc2)CCO1. The summed E-state index contributed by atoms with van der Waals surface area (Å²) in [6, 6.07) is 14.7. The van der Waals surface area contributed by atoms with Gasteiger partial charge in [-0.2, -0.15) is 0 Å². The Morgan fingerprint density at radius 3 is 2.52 bits per heavy atom. The van der Waals surface area contributed by atoms with Crippen molar-refractivity contribution in [3.63, 3.8) is 0 Å². The number of nitrogens with zero attached hydrogens (tertiary/aromatic N) is 1. The van der Waals surface area contributed by atoms with Crippen LogP contribution in [0.4, 0.5) is 11.4 Å². The number of rotatable bonds is 3. The summed E-state index contributed by atoms with van der Waals surface area (Å²) in [6.45, 7) is 4.60. The largest absolute Gasteiger partial charge is 0.375 e. The van der Waals surface area contributed by atoms with Crippen LogP contribution in [-0.4, -0.2) is 31.7 Å². The Morgan fingerprint density at radius 2 is 1.87 bits per heavy atom. The van der Waals surface area contributed by atoms with E-state index in [1.165, 1.54) is 0 Å². The molecule has 1 aliphatic heterocycles. The van der Waals surface area contributed by atoms with Crippen molar-refractivity contribution >= 4 is 28.9 Å². The number of hydrogen-bond acceptors (Lipinski definition) is 3. The van der Waals surface area contributed by atoms with E-state index in [1.54, 1.807) is 24.3 Å². The first-order valence-corrected chi connectivity index (χ1v) is 8.03. The van der Waals surface area contributed by atoms with E-state index in [1.807, 2.05) is 24.3 Å². The first-order valence-electron chi connectivity index (χ1n) is 7.65. The molecule has 23 heavy (non-hydrogen) atoms. The van der Waals surface area contributed by atoms with Crippen molar-refractivity contribution in [3.05, 3.63) is 59.1 Å². The fourth-order valence-electron chi connectivity index (χ4n) is 2.61. The highest BCUT2D eigenvalue weighted by molar-refractivity contribution is 6.30. The van der Waals surface area contributed by atoms with Crippen molar-refractivity contribution in [1.29, 1.82) is 0 Å². The average Bonchev–Trinajstić information content (AvgIpc) is 2.56. The van der Waals surface area contributed by atoms with Gasteiger partial charge in [0.15, 0.2) is 0 Å². The standard InChI is InChI=1S/C18H19ClN2O2/c1-13-12-21(10-11-23-13)17-8-6-16(7-9-17)20-18(22)14-2-4-15(19)5-3-14/h2-9,13H,10-12H2,1H3,(H,20,22). The van der Waals surface area contributed by atoms with Gasteiger partial charge in [-0.25, -0.2) is 0 Å². The molecule has 1 aliphatic rings. The van der Waals surface area contributed by atoms with Crippen LogP contribution in [-0.2, 0) is 4.74 Å². The maximum atomic E-state index is 12.2. The highest BCUT2D eigenvalue weighted by Crippen LogP contribution is 2.21. The van der Waals surface area contributed by atoms with Crippen LogP contribution in [0.5, 0.6) is 0 Å². The molecule has 1 N–H and O–H groups in total. The van der Waals surface area contributed by atoms with Crippen LogP contribution in [0.1, 0.15) is 17.3 Å². The molecule has 2 aromatic rings. The third-order valence-electron chi connectivity index (χ3n) is 3.84.